The first-order chi connectivity index (χ1) is 15.7. The molecule has 0 N–H and O–H groups in total. The van der Waals surface area contributed by atoms with Gasteiger partial charge in [-0.2, -0.15) is 0 Å². The van der Waals surface area contributed by atoms with E-state index < -0.39 is 38.1 Å². The molecule has 2 amide bonds. The number of amides is 2. The summed E-state index contributed by atoms with van der Waals surface area (Å²) < 4.78 is 41.6. The molecule has 0 radical (unpaired) electrons. The minimum Gasteiger partial charge on any atom is -0.304 e. The molecule has 2 heterocycles. The van der Waals surface area contributed by atoms with Crippen LogP contribution < -0.4 is 9.80 Å². The Hall–Kier alpha value is -3.23. The molecule has 0 bridgehead atoms. The van der Waals surface area contributed by atoms with Gasteiger partial charge in [-0.3, -0.25) is 14.5 Å². The first-order valence-corrected chi connectivity index (χ1v) is 12.2. The third-order valence-corrected chi connectivity index (χ3v) is 8.55. The zero-order valence-corrected chi connectivity index (χ0v) is 19.0. The first-order valence-electron chi connectivity index (χ1n) is 10.1. The van der Waals surface area contributed by atoms with Crippen molar-refractivity contribution in [2.45, 2.75) is 18.3 Å². The van der Waals surface area contributed by atoms with E-state index in [1.807, 2.05) is 6.92 Å². The standard InChI is InChI=1S/C24H18ClFN2O4S/c1-15-9-11-16(12-10-15)28-22(29)14-33(31,32)24(28)18-5-2-3-8-21(18)27(23(24)30)13-17-19(25)6-4-7-20(17)26/h2-12H,13-14H2,1H3/t24-/m1/s1. The number of anilines is 2. The van der Waals surface area contributed by atoms with Crippen LogP contribution in [0.1, 0.15) is 16.7 Å². The third-order valence-electron chi connectivity index (χ3n) is 6.09. The van der Waals surface area contributed by atoms with Gasteiger partial charge in [-0.15, -0.1) is 0 Å². The van der Waals surface area contributed by atoms with Gasteiger partial charge in [-0.1, -0.05) is 53.6 Å². The quantitative estimate of drug-likeness (QED) is 0.564. The van der Waals surface area contributed by atoms with E-state index in [0.717, 1.165) is 10.5 Å². The van der Waals surface area contributed by atoms with Gasteiger partial charge in [0.1, 0.15) is 11.6 Å². The van der Waals surface area contributed by atoms with Gasteiger partial charge < -0.3 is 4.90 Å². The van der Waals surface area contributed by atoms with Gasteiger partial charge in [0.2, 0.25) is 5.91 Å². The van der Waals surface area contributed by atoms with Crippen LogP contribution >= 0.6 is 11.6 Å². The summed E-state index contributed by atoms with van der Waals surface area (Å²) in [6.07, 6.45) is 0. The van der Waals surface area contributed by atoms with Crippen LogP contribution in [0.5, 0.6) is 0 Å². The summed E-state index contributed by atoms with van der Waals surface area (Å²) in [4.78, 5) is 27.1. The molecule has 3 aromatic carbocycles. The van der Waals surface area contributed by atoms with Crippen molar-refractivity contribution in [1.29, 1.82) is 0 Å². The van der Waals surface area contributed by atoms with Crippen molar-refractivity contribution in [2.24, 2.45) is 0 Å². The number of rotatable bonds is 3. The summed E-state index contributed by atoms with van der Waals surface area (Å²) in [6.45, 7) is 1.58. The number of aryl methyl sites for hydroxylation is 1. The number of benzene rings is 3. The van der Waals surface area contributed by atoms with Gasteiger partial charge in [-0.05, 0) is 37.3 Å². The number of para-hydroxylation sites is 1. The minimum atomic E-state index is -4.29. The summed E-state index contributed by atoms with van der Waals surface area (Å²) in [5.74, 6) is -2.97. The minimum absolute atomic E-state index is 0.0583. The Morgan fingerprint density at radius 1 is 1.00 bits per heavy atom. The Balaban J connectivity index is 1.75. The number of hydrogen-bond acceptors (Lipinski definition) is 4. The molecule has 33 heavy (non-hydrogen) atoms. The molecule has 1 spiro atoms. The summed E-state index contributed by atoms with van der Waals surface area (Å²) >= 11 is 6.19. The van der Waals surface area contributed by atoms with Crippen LogP contribution in [0, 0.1) is 12.7 Å². The molecule has 1 saturated heterocycles. The topological polar surface area (TPSA) is 74.8 Å². The van der Waals surface area contributed by atoms with Gasteiger partial charge in [0.15, 0.2) is 9.84 Å². The predicted molar refractivity (Wildman–Crippen MR) is 123 cm³/mol. The molecular formula is C24H18ClFN2O4S. The van der Waals surface area contributed by atoms with Crippen LogP contribution in [0.15, 0.2) is 66.7 Å². The van der Waals surface area contributed by atoms with Crippen molar-refractivity contribution < 1.29 is 22.4 Å². The Labute approximate surface area is 195 Å². The normalized spacial score (nSPS) is 21.2. The molecule has 1 fully saturated rings. The van der Waals surface area contributed by atoms with Gasteiger partial charge in [0.05, 0.1) is 12.2 Å². The number of halogens is 2. The summed E-state index contributed by atoms with van der Waals surface area (Å²) in [5, 5.41) is 0.113. The average Bonchev–Trinajstić information content (AvgIpc) is 3.14. The van der Waals surface area contributed by atoms with Crippen molar-refractivity contribution in [1.82, 2.24) is 0 Å². The van der Waals surface area contributed by atoms with Crippen LogP contribution in [0.25, 0.3) is 0 Å². The van der Waals surface area contributed by atoms with E-state index >= 15 is 0 Å². The van der Waals surface area contributed by atoms with Crippen LogP contribution in [-0.2, 0) is 30.8 Å². The molecule has 9 heteroatoms. The van der Waals surface area contributed by atoms with Crippen LogP contribution in [0.3, 0.4) is 0 Å². The van der Waals surface area contributed by atoms with Crippen molar-refractivity contribution in [3.8, 4) is 0 Å². The highest BCUT2D eigenvalue weighted by atomic mass is 35.5. The predicted octanol–water partition coefficient (Wildman–Crippen LogP) is 3.95. The highest BCUT2D eigenvalue weighted by molar-refractivity contribution is 7.94. The number of fused-ring (bicyclic) bond motifs is 2. The van der Waals surface area contributed by atoms with Gasteiger partial charge in [0, 0.05) is 21.8 Å². The maximum atomic E-state index is 14.6. The lowest BCUT2D eigenvalue weighted by molar-refractivity contribution is -0.123. The summed E-state index contributed by atoms with van der Waals surface area (Å²) in [6, 6.07) is 17.2. The van der Waals surface area contributed by atoms with Gasteiger partial charge >= 0.3 is 0 Å². The fraction of sp³-hybridized carbons (Fsp3) is 0.167. The zero-order valence-electron chi connectivity index (χ0n) is 17.5. The Morgan fingerprint density at radius 2 is 1.70 bits per heavy atom. The lowest BCUT2D eigenvalue weighted by atomic mass is 10.0. The Morgan fingerprint density at radius 3 is 2.39 bits per heavy atom. The fourth-order valence-corrected chi connectivity index (χ4v) is 6.84. The van der Waals surface area contributed by atoms with E-state index in [9.17, 15) is 22.4 Å². The molecule has 2 aliphatic rings. The SMILES string of the molecule is Cc1ccc(N2C(=O)CS(=O)(=O)[C@]23C(=O)N(Cc2c(F)cccc2Cl)c2ccccc23)cc1. The zero-order chi connectivity index (χ0) is 23.5. The Bertz CT molecular complexity index is 1400. The average molecular weight is 485 g/mol. The molecule has 0 unspecified atom stereocenters. The van der Waals surface area contributed by atoms with E-state index in [2.05, 4.69) is 0 Å². The van der Waals surface area contributed by atoms with E-state index in [4.69, 9.17) is 11.6 Å². The fourth-order valence-electron chi connectivity index (χ4n) is 4.58. The number of carbonyl (C=O) groups is 2. The second-order valence-corrected chi connectivity index (χ2v) is 10.6. The maximum Gasteiger partial charge on any atom is 0.274 e. The maximum absolute atomic E-state index is 14.6. The molecule has 1 atom stereocenters. The molecule has 5 rings (SSSR count). The van der Waals surface area contributed by atoms with E-state index in [1.165, 1.54) is 29.2 Å². The molecule has 0 saturated carbocycles. The summed E-state index contributed by atoms with van der Waals surface area (Å²) in [5.41, 5.74) is 1.71. The second kappa shape index (κ2) is 7.40. The summed E-state index contributed by atoms with van der Waals surface area (Å²) in [7, 11) is -4.29. The first kappa shape index (κ1) is 21.6. The van der Waals surface area contributed by atoms with Crippen molar-refractivity contribution in [3.05, 3.63) is 94.3 Å². The van der Waals surface area contributed by atoms with E-state index in [-0.39, 0.29) is 28.4 Å². The lowest BCUT2D eigenvalue weighted by Crippen LogP contribution is -2.54. The molecule has 3 aromatic rings. The highest BCUT2D eigenvalue weighted by Crippen LogP contribution is 2.53. The van der Waals surface area contributed by atoms with Crippen LogP contribution in [-0.4, -0.2) is 26.0 Å². The van der Waals surface area contributed by atoms with E-state index in [1.54, 1.807) is 42.5 Å². The van der Waals surface area contributed by atoms with Gasteiger partial charge in [0.25, 0.3) is 10.8 Å². The van der Waals surface area contributed by atoms with Crippen molar-refractivity contribution in [3.63, 3.8) is 0 Å². The van der Waals surface area contributed by atoms with Crippen molar-refractivity contribution >= 4 is 44.6 Å². The largest absolute Gasteiger partial charge is 0.304 e. The third kappa shape index (κ3) is 2.94. The second-order valence-electron chi connectivity index (χ2n) is 8.08. The van der Waals surface area contributed by atoms with Crippen LogP contribution in [0.2, 0.25) is 5.02 Å². The molecule has 168 valence electrons. The molecular weight excluding hydrogens is 467 g/mol. The molecule has 0 aliphatic carbocycles. The van der Waals surface area contributed by atoms with Crippen LogP contribution in [0.4, 0.5) is 15.8 Å². The molecule has 6 nitrogen and oxygen atoms in total. The lowest BCUT2D eigenvalue weighted by Gasteiger charge is -2.32. The molecule has 2 aliphatic heterocycles. The Kier molecular flexibility index (Phi) is 4.84. The molecule has 0 aromatic heterocycles. The smallest absolute Gasteiger partial charge is 0.274 e. The highest BCUT2D eigenvalue weighted by Gasteiger charge is 2.69. The van der Waals surface area contributed by atoms with E-state index in [0.29, 0.717) is 5.69 Å². The van der Waals surface area contributed by atoms with Crippen molar-refractivity contribution in [2.75, 3.05) is 15.6 Å². The number of carbonyl (C=O) groups excluding carboxylic acids is 2. The number of nitrogens with zero attached hydrogens (tertiary/aromatic N) is 2. The van der Waals surface area contributed by atoms with Gasteiger partial charge in [-0.25, -0.2) is 12.8 Å². The monoisotopic (exact) mass is 484 g/mol. The number of hydrogen-bond donors (Lipinski definition) is 0. The number of sulfone groups is 1.